The van der Waals surface area contributed by atoms with Gasteiger partial charge in [-0.15, -0.1) is 0 Å². The zero-order valence-electron chi connectivity index (χ0n) is 15.1. The van der Waals surface area contributed by atoms with Crippen molar-refractivity contribution >= 4 is 5.84 Å². The van der Waals surface area contributed by atoms with E-state index in [2.05, 4.69) is 17.2 Å². The molecule has 22 heavy (non-hydrogen) atoms. The normalized spacial score (nSPS) is 19.0. The molecule has 0 aromatic carbocycles. The van der Waals surface area contributed by atoms with Gasteiger partial charge in [0.15, 0.2) is 0 Å². The van der Waals surface area contributed by atoms with Gasteiger partial charge >= 0.3 is 0 Å². The molecule has 0 aliphatic carbocycles. The number of rotatable bonds is 14. The molecule has 0 amide bonds. The van der Waals surface area contributed by atoms with Crippen molar-refractivity contribution in [1.82, 2.24) is 5.32 Å². The summed E-state index contributed by atoms with van der Waals surface area (Å²) in [6.45, 7) is 5.26. The van der Waals surface area contributed by atoms with Gasteiger partial charge in [-0.2, -0.15) is 0 Å². The minimum absolute atomic E-state index is 0.173. The Hall–Kier alpha value is -0.570. The first-order valence-electron chi connectivity index (χ1n) is 9.80. The van der Waals surface area contributed by atoms with Crippen LogP contribution in [-0.2, 0) is 0 Å². The van der Waals surface area contributed by atoms with Crippen molar-refractivity contribution < 1.29 is 0 Å². The molecular formula is C19H39N3. The average molecular weight is 310 g/mol. The summed E-state index contributed by atoms with van der Waals surface area (Å²) in [4.78, 5) is 4.66. The van der Waals surface area contributed by atoms with Crippen molar-refractivity contribution in [2.75, 3.05) is 6.54 Å². The van der Waals surface area contributed by atoms with Gasteiger partial charge in [0.2, 0.25) is 0 Å². The van der Waals surface area contributed by atoms with E-state index >= 15 is 0 Å². The van der Waals surface area contributed by atoms with Gasteiger partial charge in [-0.3, -0.25) is 4.99 Å². The molecule has 1 aliphatic rings. The second kappa shape index (κ2) is 12.9. The molecule has 0 saturated heterocycles. The number of hydrogen-bond donors (Lipinski definition) is 2. The zero-order valence-corrected chi connectivity index (χ0v) is 15.1. The van der Waals surface area contributed by atoms with Gasteiger partial charge in [0.05, 0.1) is 11.9 Å². The largest absolute Gasteiger partial charge is 0.372 e. The summed E-state index contributed by atoms with van der Waals surface area (Å²) in [5.74, 6) is 1.19. The Bertz CT molecular complexity index is 286. The third-order valence-corrected chi connectivity index (χ3v) is 4.71. The fourth-order valence-corrected chi connectivity index (χ4v) is 3.10. The third kappa shape index (κ3) is 9.45. The maximum absolute atomic E-state index is 5.88. The van der Waals surface area contributed by atoms with Crippen molar-refractivity contribution in [1.29, 1.82) is 0 Å². The summed E-state index contributed by atoms with van der Waals surface area (Å²) < 4.78 is 0. The predicted octanol–water partition coefficient (Wildman–Crippen LogP) is 4.80. The highest BCUT2D eigenvalue weighted by Gasteiger charge is 2.19. The van der Waals surface area contributed by atoms with Gasteiger partial charge in [0.1, 0.15) is 0 Å². The summed E-state index contributed by atoms with van der Waals surface area (Å²) in [6.07, 6.45) is 18.0. The van der Waals surface area contributed by atoms with E-state index in [0.29, 0.717) is 6.04 Å². The lowest BCUT2D eigenvalue weighted by molar-refractivity contribution is 0.545. The molecule has 0 fully saturated rings. The number of nitrogens with zero attached hydrogens (tertiary/aromatic N) is 1. The zero-order chi connectivity index (χ0) is 16.0. The lowest BCUT2D eigenvalue weighted by Gasteiger charge is -2.08. The van der Waals surface area contributed by atoms with Gasteiger partial charge in [-0.1, -0.05) is 77.6 Å². The van der Waals surface area contributed by atoms with Crippen LogP contribution in [0.1, 0.15) is 97.3 Å². The average Bonchev–Trinajstić information content (AvgIpc) is 2.97. The van der Waals surface area contributed by atoms with E-state index in [9.17, 15) is 0 Å². The quantitative estimate of drug-likeness (QED) is 0.453. The van der Waals surface area contributed by atoms with Gasteiger partial charge in [0, 0.05) is 19.0 Å². The Morgan fingerprint density at radius 2 is 1.45 bits per heavy atom. The van der Waals surface area contributed by atoms with Gasteiger partial charge < -0.3 is 11.1 Å². The van der Waals surface area contributed by atoms with Gasteiger partial charge in [0.25, 0.3) is 0 Å². The van der Waals surface area contributed by atoms with Gasteiger partial charge in [-0.05, 0) is 13.3 Å². The van der Waals surface area contributed by atoms with Crippen LogP contribution in [0.15, 0.2) is 4.99 Å². The van der Waals surface area contributed by atoms with Crippen LogP contribution in [0.4, 0.5) is 0 Å². The maximum atomic E-state index is 5.88. The molecule has 0 saturated carbocycles. The molecule has 1 aliphatic heterocycles. The van der Waals surface area contributed by atoms with E-state index in [4.69, 9.17) is 5.73 Å². The van der Waals surface area contributed by atoms with E-state index in [-0.39, 0.29) is 6.04 Å². The van der Waals surface area contributed by atoms with E-state index in [1.165, 1.54) is 82.9 Å². The number of amidine groups is 1. The van der Waals surface area contributed by atoms with Crippen molar-refractivity contribution in [3.63, 3.8) is 0 Å². The van der Waals surface area contributed by atoms with E-state index < -0.39 is 0 Å². The summed E-state index contributed by atoms with van der Waals surface area (Å²) in [6, 6.07) is 0.472. The Morgan fingerprint density at radius 1 is 0.955 bits per heavy atom. The summed E-state index contributed by atoms with van der Waals surface area (Å²) in [5.41, 5.74) is 5.88. The Labute approximate surface area is 138 Å². The lowest BCUT2D eigenvalue weighted by Crippen LogP contribution is -2.33. The molecular weight excluding hydrogens is 270 g/mol. The monoisotopic (exact) mass is 309 g/mol. The van der Waals surface area contributed by atoms with Crippen molar-refractivity contribution in [2.45, 2.75) is 109 Å². The molecule has 3 N–H and O–H groups in total. The van der Waals surface area contributed by atoms with Crippen LogP contribution >= 0.6 is 0 Å². The molecule has 3 heteroatoms. The number of nitrogens with two attached hydrogens (primary N) is 1. The molecule has 130 valence electrons. The van der Waals surface area contributed by atoms with Crippen molar-refractivity contribution in [3.8, 4) is 0 Å². The highest BCUT2D eigenvalue weighted by atomic mass is 15.1. The molecule has 0 aromatic rings. The fourth-order valence-electron chi connectivity index (χ4n) is 3.10. The summed E-state index contributed by atoms with van der Waals surface area (Å²) >= 11 is 0. The number of hydrogen-bond acceptors (Lipinski definition) is 3. The standard InChI is InChI=1S/C19H39N3/c1-3-4-5-6-7-8-9-10-11-12-13-14-15-19-21-16-18(22-19)17(2)20/h17-18H,3-16,20H2,1-2H3,(H,21,22). The Morgan fingerprint density at radius 3 is 1.91 bits per heavy atom. The summed E-state index contributed by atoms with van der Waals surface area (Å²) in [5, 5.41) is 3.40. The smallest absolute Gasteiger partial charge is 0.0968 e. The molecule has 0 spiro atoms. The van der Waals surface area contributed by atoms with Crippen LogP contribution in [-0.4, -0.2) is 24.5 Å². The highest BCUT2D eigenvalue weighted by molar-refractivity contribution is 5.83. The molecule has 0 aromatic heterocycles. The molecule has 2 unspecified atom stereocenters. The third-order valence-electron chi connectivity index (χ3n) is 4.71. The molecule has 0 bridgehead atoms. The van der Waals surface area contributed by atoms with Crippen LogP contribution in [0, 0.1) is 0 Å². The molecule has 2 atom stereocenters. The van der Waals surface area contributed by atoms with E-state index in [1.807, 2.05) is 6.92 Å². The first kappa shape index (κ1) is 19.5. The van der Waals surface area contributed by atoms with Crippen molar-refractivity contribution in [3.05, 3.63) is 0 Å². The maximum Gasteiger partial charge on any atom is 0.0968 e. The number of unbranched alkanes of at least 4 members (excludes halogenated alkanes) is 11. The number of aliphatic imine (C=N–C) groups is 1. The highest BCUT2D eigenvalue weighted by Crippen LogP contribution is 2.13. The van der Waals surface area contributed by atoms with Crippen LogP contribution in [0.25, 0.3) is 0 Å². The molecule has 0 radical (unpaired) electrons. The Kier molecular flexibility index (Phi) is 11.4. The predicted molar refractivity (Wildman–Crippen MR) is 98.6 cm³/mol. The number of nitrogens with one attached hydrogen (secondary N) is 1. The van der Waals surface area contributed by atoms with E-state index in [1.54, 1.807) is 0 Å². The fraction of sp³-hybridized carbons (Fsp3) is 0.947. The Balaban J connectivity index is 1.81. The first-order valence-corrected chi connectivity index (χ1v) is 9.80. The summed E-state index contributed by atoms with van der Waals surface area (Å²) in [7, 11) is 0. The second-order valence-electron chi connectivity index (χ2n) is 7.02. The molecule has 1 heterocycles. The molecule has 3 nitrogen and oxygen atoms in total. The lowest BCUT2D eigenvalue weighted by atomic mass is 10.0. The second-order valence-corrected chi connectivity index (χ2v) is 7.02. The van der Waals surface area contributed by atoms with Crippen LogP contribution < -0.4 is 11.1 Å². The van der Waals surface area contributed by atoms with E-state index in [0.717, 1.165) is 13.0 Å². The van der Waals surface area contributed by atoms with Crippen LogP contribution in [0.5, 0.6) is 0 Å². The minimum Gasteiger partial charge on any atom is -0.372 e. The van der Waals surface area contributed by atoms with Crippen LogP contribution in [0.2, 0.25) is 0 Å². The van der Waals surface area contributed by atoms with Crippen molar-refractivity contribution in [2.24, 2.45) is 10.7 Å². The minimum atomic E-state index is 0.173. The SMILES string of the molecule is CCCCCCCCCCCCCCC1=NC(C(C)N)CN1. The van der Waals surface area contributed by atoms with Gasteiger partial charge in [-0.25, -0.2) is 0 Å². The van der Waals surface area contributed by atoms with Crippen LogP contribution in [0.3, 0.4) is 0 Å². The topological polar surface area (TPSA) is 50.4 Å². The first-order chi connectivity index (χ1) is 10.7. The molecule has 1 rings (SSSR count).